The fourth-order valence-corrected chi connectivity index (χ4v) is 4.07. The average molecular weight is 299 g/mol. The van der Waals surface area contributed by atoms with E-state index in [1.54, 1.807) is 0 Å². The number of fused-ring (bicyclic) bond motifs is 4. The molecule has 2 aromatic carbocycles. The molecule has 2 aliphatic rings. The number of nitrogens with zero attached hydrogens (tertiary/aromatic N) is 2. The Morgan fingerprint density at radius 1 is 0.870 bits per heavy atom. The van der Waals surface area contributed by atoms with E-state index in [1.807, 2.05) is 6.20 Å². The van der Waals surface area contributed by atoms with Crippen LogP contribution in [0, 0.1) is 10.4 Å². The van der Waals surface area contributed by atoms with Gasteiger partial charge in [-0.15, -0.1) is 0 Å². The molecule has 0 amide bonds. The molecule has 5 rings (SSSR count). The van der Waals surface area contributed by atoms with Gasteiger partial charge in [0.05, 0.1) is 6.20 Å². The molecule has 0 spiro atoms. The van der Waals surface area contributed by atoms with Crippen molar-refractivity contribution in [2.45, 2.75) is 25.7 Å². The van der Waals surface area contributed by atoms with Gasteiger partial charge in [0.25, 0.3) is 0 Å². The van der Waals surface area contributed by atoms with Crippen LogP contribution < -0.4 is 10.4 Å². The number of hydrogen-bond donors (Lipinski definition) is 1. The van der Waals surface area contributed by atoms with Gasteiger partial charge in [-0.1, -0.05) is 42.5 Å². The third-order valence-electron chi connectivity index (χ3n) is 5.11. The zero-order valence-electron chi connectivity index (χ0n) is 12.8. The lowest BCUT2D eigenvalue weighted by Crippen LogP contribution is -2.23. The van der Waals surface area contributed by atoms with Crippen molar-refractivity contribution in [2.24, 2.45) is 0 Å². The molecule has 0 fully saturated rings. The van der Waals surface area contributed by atoms with Crippen LogP contribution in [0.25, 0.3) is 11.6 Å². The number of H-pyrrole nitrogens is 1. The van der Waals surface area contributed by atoms with Gasteiger partial charge in [-0.05, 0) is 63.3 Å². The molecule has 1 N–H and O–H groups in total. The van der Waals surface area contributed by atoms with E-state index in [4.69, 9.17) is 0 Å². The summed E-state index contributed by atoms with van der Waals surface area (Å²) in [6.07, 6.45) is 8.66. The minimum Gasteiger partial charge on any atom is -0.197 e. The standard InChI is InChI=1S/C20H17N3/c1-2-5-14-13(4-1)8-9-17-15-6-3-7-19(20-12-21-23-22-20)18(15)11-10-16(14)17/h1-2,4-5,8,10-12H,3,6-7,9H2,(H,21,22,23). The third-order valence-corrected chi connectivity index (χ3v) is 5.11. The Balaban J connectivity index is 1.93. The molecule has 3 nitrogen and oxygen atoms in total. The van der Waals surface area contributed by atoms with E-state index in [9.17, 15) is 0 Å². The molecule has 0 saturated carbocycles. The van der Waals surface area contributed by atoms with Crippen LogP contribution in [-0.2, 0) is 12.8 Å². The number of rotatable bonds is 1. The topological polar surface area (TPSA) is 41.6 Å². The fraction of sp³-hybridized carbons (Fsp3) is 0.200. The molecule has 3 heteroatoms. The Bertz CT molecular complexity index is 1110. The number of aromatic nitrogens is 3. The second-order valence-corrected chi connectivity index (χ2v) is 6.30. The van der Waals surface area contributed by atoms with E-state index in [1.165, 1.54) is 44.0 Å². The Labute approximate surface area is 133 Å². The van der Waals surface area contributed by atoms with Crippen molar-refractivity contribution in [3.05, 3.63) is 80.3 Å². The Morgan fingerprint density at radius 3 is 2.70 bits per heavy atom. The van der Waals surface area contributed by atoms with Crippen molar-refractivity contribution in [3.63, 3.8) is 0 Å². The summed E-state index contributed by atoms with van der Waals surface area (Å²) in [5, 5.41) is 16.5. The van der Waals surface area contributed by atoms with Gasteiger partial charge in [-0.25, -0.2) is 0 Å². The molecule has 1 aromatic heterocycles. The molecular weight excluding hydrogens is 282 g/mol. The van der Waals surface area contributed by atoms with E-state index < -0.39 is 0 Å². The molecule has 0 aliphatic heterocycles. The van der Waals surface area contributed by atoms with Gasteiger partial charge in [-0.3, -0.25) is 0 Å². The van der Waals surface area contributed by atoms with Gasteiger partial charge in [0.1, 0.15) is 5.69 Å². The minimum atomic E-state index is 0.992. The van der Waals surface area contributed by atoms with Gasteiger partial charge >= 0.3 is 0 Å². The number of nitrogens with one attached hydrogen (secondary N) is 1. The van der Waals surface area contributed by atoms with Crippen LogP contribution in [-0.4, -0.2) is 15.4 Å². The SMILES string of the molecule is C1=c2ccccc2=c2ccc3c(c2C1)CCCC=3c1cn[nH]n1. The summed E-state index contributed by atoms with van der Waals surface area (Å²) in [6, 6.07) is 13.3. The summed E-state index contributed by atoms with van der Waals surface area (Å²) >= 11 is 0. The predicted octanol–water partition coefficient (Wildman–Crippen LogP) is 1.96. The lowest BCUT2D eigenvalue weighted by atomic mass is 9.85. The van der Waals surface area contributed by atoms with Gasteiger partial charge in [0.2, 0.25) is 0 Å². The van der Waals surface area contributed by atoms with Gasteiger partial charge < -0.3 is 0 Å². The largest absolute Gasteiger partial charge is 0.197 e. The maximum atomic E-state index is 4.31. The predicted molar refractivity (Wildman–Crippen MR) is 89.8 cm³/mol. The molecule has 2 aliphatic carbocycles. The van der Waals surface area contributed by atoms with E-state index in [0.717, 1.165) is 25.0 Å². The van der Waals surface area contributed by atoms with Gasteiger partial charge in [0.15, 0.2) is 0 Å². The highest BCUT2D eigenvalue weighted by molar-refractivity contribution is 5.65. The highest BCUT2D eigenvalue weighted by Gasteiger charge is 2.17. The van der Waals surface area contributed by atoms with E-state index in [0.29, 0.717) is 0 Å². The van der Waals surface area contributed by atoms with Crippen molar-refractivity contribution in [1.29, 1.82) is 0 Å². The smallest absolute Gasteiger partial charge is 0.109 e. The third kappa shape index (κ3) is 1.89. The summed E-state index contributed by atoms with van der Waals surface area (Å²) in [5.41, 5.74) is 5.34. The van der Waals surface area contributed by atoms with E-state index >= 15 is 0 Å². The first-order valence-corrected chi connectivity index (χ1v) is 8.21. The van der Waals surface area contributed by atoms with Crippen LogP contribution in [0.15, 0.2) is 42.6 Å². The molecule has 112 valence electrons. The first-order chi connectivity index (χ1) is 11.4. The summed E-state index contributed by atoms with van der Waals surface area (Å²) in [4.78, 5) is 0. The minimum absolute atomic E-state index is 0.992. The first-order valence-electron chi connectivity index (χ1n) is 8.21. The van der Waals surface area contributed by atoms with Gasteiger partial charge in [0, 0.05) is 0 Å². The fourth-order valence-electron chi connectivity index (χ4n) is 4.07. The Morgan fingerprint density at radius 2 is 1.78 bits per heavy atom. The summed E-state index contributed by atoms with van der Waals surface area (Å²) in [6.45, 7) is 0. The maximum absolute atomic E-state index is 4.31. The second-order valence-electron chi connectivity index (χ2n) is 6.30. The van der Waals surface area contributed by atoms with Gasteiger partial charge in [-0.2, -0.15) is 15.4 Å². The maximum Gasteiger partial charge on any atom is 0.109 e. The summed E-state index contributed by atoms with van der Waals surface area (Å²) in [5.74, 6) is 0. The van der Waals surface area contributed by atoms with Crippen molar-refractivity contribution in [3.8, 4) is 0 Å². The molecule has 0 saturated heterocycles. The molecule has 1 heterocycles. The van der Waals surface area contributed by atoms with Crippen molar-refractivity contribution < 1.29 is 0 Å². The number of aromatic amines is 1. The van der Waals surface area contributed by atoms with Crippen LogP contribution in [0.4, 0.5) is 0 Å². The number of benzene rings is 2. The zero-order valence-corrected chi connectivity index (χ0v) is 12.8. The van der Waals surface area contributed by atoms with Crippen LogP contribution >= 0.6 is 0 Å². The zero-order chi connectivity index (χ0) is 15.2. The van der Waals surface area contributed by atoms with Crippen LogP contribution in [0.5, 0.6) is 0 Å². The van der Waals surface area contributed by atoms with Crippen molar-refractivity contribution in [1.82, 2.24) is 15.4 Å². The highest BCUT2D eigenvalue weighted by atomic mass is 15.3. The first kappa shape index (κ1) is 12.8. The Kier molecular flexibility index (Phi) is 2.74. The summed E-state index contributed by atoms with van der Waals surface area (Å²) < 4.78 is 0. The molecule has 0 atom stereocenters. The number of hydrogen-bond acceptors (Lipinski definition) is 2. The molecule has 0 bridgehead atoms. The molecule has 3 aromatic rings. The van der Waals surface area contributed by atoms with E-state index in [-0.39, 0.29) is 0 Å². The molecule has 0 unspecified atom stereocenters. The van der Waals surface area contributed by atoms with E-state index in [2.05, 4.69) is 57.9 Å². The van der Waals surface area contributed by atoms with Crippen molar-refractivity contribution >= 4 is 11.6 Å². The normalized spacial score (nSPS) is 15.4. The summed E-state index contributed by atoms with van der Waals surface area (Å²) in [7, 11) is 0. The average Bonchev–Trinajstić information content (AvgIpc) is 3.15. The van der Waals surface area contributed by atoms with Crippen LogP contribution in [0.2, 0.25) is 0 Å². The lowest BCUT2D eigenvalue weighted by molar-refractivity contribution is 0.804. The molecular formula is C20H17N3. The quantitative estimate of drug-likeness (QED) is 0.746. The van der Waals surface area contributed by atoms with Crippen LogP contribution in [0.3, 0.4) is 0 Å². The monoisotopic (exact) mass is 299 g/mol. The second kappa shape index (κ2) is 4.92. The molecule has 23 heavy (non-hydrogen) atoms. The molecule has 0 radical (unpaired) electrons. The lowest BCUT2D eigenvalue weighted by Gasteiger charge is -2.19. The highest BCUT2D eigenvalue weighted by Crippen LogP contribution is 2.23. The van der Waals surface area contributed by atoms with Crippen LogP contribution in [0.1, 0.15) is 29.7 Å². The van der Waals surface area contributed by atoms with Crippen molar-refractivity contribution in [2.75, 3.05) is 0 Å². The Hall–Kier alpha value is -2.68.